The van der Waals surface area contributed by atoms with Crippen molar-refractivity contribution >= 4 is 23.4 Å². The van der Waals surface area contributed by atoms with Gasteiger partial charge in [0.15, 0.2) is 0 Å². The van der Waals surface area contributed by atoms with Gasteiger partial charge in [-0.3, -0.25) is 10.1 Å². The summed E-state index contributed by atoms with van der Waals surface area (Å²) >= 11 is 0. The molecule has 6 nitrogen and oxygen atoms in total. The van der Waals surface area contributed by atoms with Crippen LogP contribution in [0.25, 0.3) is 0 Å². The fraction of sp³-hybridized carbons (Fsp3) is 0.429. The summed E-state index contributed by atoms with van der Waals surface area (Å²) < 4.78 is 0. The fourth-order valence-corrected chi connectivity index (χ4v) is 3.30. The summed E-state index contributed by atoms with van der Waals surface area (Å²) in [5.41, 5.74) is 1.84. The molecular formula is C14H17N3O3. The lowest BCUT2D eigenvalue weighted by Gasteiger charge is -2.32. The Kier molecular flexibility index (Phi) is 2.90. The van der Waals surface area contributed by atoms with Crippen molar-refractivity contribution in [3.05, 3.63) is 23.8 Å². The first kappa shape index (κ1) is 12.9. The minimum Gasteiger partial charge on any atom is -0.465 e. The molecule has 6 heteroatoms. The minimum atomic E-state index is -1.10. The topological polar surface area (TPSA) is 81.7 Å². The predicted octanol–water partition coefficient (Wildman–Crippen LogP) is 1.37. The molecule has 3 N–H and O–H groups in total. The van der Waals surface area contributed by atoms with Crippen molar-refractivity contribution in [2.75, 3.05) is 30.4 Å². The molecule has 0 aliphatic carbocycles. The van der Waals surface area contributed by atoms with Crippen LogP contribution in [0.1, 0.15) is 18.4 Å². The Labute approximate surface area is 116 Å². The number of likely N-dealkylation sites (N-methyl/N-ethyl adjacent to an activating group) is 1. The highest BCUT2D eigenvalue weighted by molar-refractivity contribution is 6.08. The van der Waals surface area contributed by atoms with Crippen molar-refractivity contribution in [2.24, 2.45) is 0 Å². The summed E-state index contributed by atoms with van der Waals surface area (Å²) in [7, 11) is 1.78. The summed E-state index contributed by atoms with van der Waals surface area (Å²) in [6, 6.07) is 5.31. The number of carboxylic acid groups (broad SMARTS) is 1. The van der Waals surface area contributed by atoms with E-state index in [0.29, 0.717) is 5.69 Å². The smallest absolute Gasteiger partial charge is 0.409 e. The Bertz CT molecular complexity index is 579. The first-order valence-corrected chi connectivity index (χ1v) is 6.68. The molecule has 0 bridgehead atoms. The molecular weight excluding hydrogens is 258 g/mol. The summed E-state index contributed by atoms with van der Waals surface area (Å²) in [5.74, 6) is 0.112. The van der Waals surface area contributed by atoms with Crippen LogP contribution in [0.15, 0.2) is 18.2 Å². The molecule has 2 aliphatic heterocycles. The number of amides is 2. The quantitative estimate of drug-likeness (QED) is 0.723. The van der Waals surface area contributed by atoms with E-state index in [-0.39, 0.29) is 5.91 Å². The summed E-state index contributed by atoms with van der Waals surface area (Å²) in [6.45, 7) is 1.60. The van der Waals surface area contributed by atoms with Gasteiger partial charge < -0.3 is 15.3 Å². The Hall–Kier alpha value is -2.08. The zero-order chi connectivity index (χ0) is 14.3. The molecule has 106 valence electrons. The number of hydrogen-bond acceptors (Lipinski definition) is 3. The number of hydrogen-bond donors (Lipinski definition) is 3. The monoisotopic (exact) mass is 275 g/mol. The van der Waals surface area contributed by atoms with E-state index in [1.54, 1.807) is 24.1 Å². The molecule has 1 aromatic carbocycles. The second kappa shape index (κ2) is 4.49. The van der Waals surface area contributed by atoms with E-state index in [1.165, 1.54) is 0 Å². The first-order chi connectivity index (χ1) is 9.54. The molecule has 0 saturated carbocycles. The highest BCUT2D eigenvalue weighted by Crippen LogP contribution is 2.47. The maximum Gasteiger partial charge on any atom is 0.409 e. The highest BCUT2D eigenvalue weighted by Gasteiger charge is 2.49. The van der Waals surface area contributed by atoms with Gasteiger partial charge in [0.05, 0.1) is 5.41 Å². The number of fused-ring (bicyclic) bond motifs is 2. The Balaban J connectivity index is 2.08. The van der Waals surface area contributed by atoms with Crippen LogP contribution in [0.4, 0.5) is 16.2 Å². The molecule has 20 heavy (non-hydrogen) atoms. The molecule has 3 rings (SSSR count). The molecule has 1 spiro atoms. The van der Waals surface area contributed by atoms with Crippen LogP contribution in [0.5, 0.6) is 0 Å². The maximum absolute atomic E-state index is 12.6. The van der Waals surface area contributed by atoms with E-state index in [4.69, 9.17) is 5.11 Å². The maximum atomic E-state index is 12.6. The second-order valence-corrected chi connectivity index (χ2v) is 5.36. The summed E-state index contributed by atoms with van der Waals surface area (Å²) in [5, 5.41) is 14.4. The number of nitrogens with zero attached hydrogens (tertiary/aromatic N) is 1. The van der Waals surface area contributed by atoms with E-state index in [9.17, 15) is 9.59 Å². The SMILES string of the molecule is CN1C(=O)C2(CCNCC2)c2cc(NC(=O)O)ccc21. The zero-order valence-electron chi connectivity index (χ0n) is 11.3. The lowest BCUT2D eigenvalue weighted by atomic mass is 9.74. The van der Waals surface area contributed by atoms with Crippen LogP contribution < -0.4 is 15.5 Å². The fourth-order valence-electron chi connectivity index (χ4n) is 3.30. The van der Waals surface area contributed by atoms with Crippen molar-refractivity contribution in [1.82, 2.24) is 5.32 Å². The van der Waals surface area contributed by atoms with E-state index in [0.717, 1.165) is 37.2 Å². The van der Waals surface area contributed by atoms with E-state index in [2.05, 4.69) is 10.6 Å². The lowest BCUT2D eigenvalue weighted by molar-refractivity contribution is -0.123. The molecule has 1 saturated heterocycles. The molecule has 2 amide bonds. The van der Waals surface area contributed by atoms with E-state index >= 15 is 0 Å². The second-order valence-electron chi connectivity index (χ2n) is 5.36. The molecule has 1 aromatic rings. The Morgan fingerprint density at radius 1 is 1.40 bits per heavy atom. The van der Waals surface area contributed by atoms with Crippen molar-refractivity contribution in [2.45, 2.75) is 18.3 Å². The zero-order valence-corrected chi connectivity index (χ0v) is 11.3. The van der Waals surface area contributed by atoms with Gasteiger partial charge in [0, 0.05) is 18.4 Å². The Morgan fingerprint density at radius 2 is 2.10 bits per heavy atom. The van der Waals surface area contributed by atoms with Crippen molar-refractivity contribution in [3.63, 3.8) is 0 Å². The van der Waals surface area contributed by atoms with Gasteiger partial charge in [0.1, 0.15) is 0 Å². The molecule has 0 aromatic heterocycles. The first-order valence-electron chi connectivity index (χ1n) is 6.68. The van der Waals surface area contributed by atoms with Crippen LogP contribution in [0.3, 0.4) is 0 Å². The van der Waals surface area contributed by atoms with E-state index in [1.807, 2.05) is 6.07 Å². The van der Waals surface area contributed by atoms with Crippen LogP contribution in [0.2, 0.25) is 0 Å². The molecule has 0 radical (unpaired) electrons. The molecule has 2 heterocycles. The third-order valence-electron chi connectivity index (χ3n) is 4.30. The molecule has 2 aliphatic rings. The average Bonchev–Trinajstić information content (AvgIpc) is 2.62. The van der Waals surface area contributed by atoms with Crippen LogP contribution >= 0.6 is 0 Å². The number of anilines is 2. The van der Waals surface area contributed by atoms with Gasteiger partial charge in [-0.15, -0.1) is 0 Å². The number of benzene rings is 1. The normalized spacial score (nSPS) is 20.1. The third kappa shape index (κ3) is 1.76. The van der Waals surface area contributed by atoms with Gasteiger partial charge >= 0.3 is 6.09 Å². The standard InChI is InChI=1S/C14H17N3O3/c1-17-11-3-2-9(16-13(19)20)8-10(11)14(12(17)18)4-6-15-7-5-14/h2-3,8,15-16H,4-7H2,1H3,(H,19,20). The lowest BCUT2D eigenvalue weighted by Crippen LogP contribution is -2.46. The van der Waals surface area contributed by atoms with Crippen molar-refractivity contribution in [1.29, 1.82) is 0 Å². The highest BCUT2D eigenvalue weighted by atomic mass is 16.4. The average molecular weight is 275 g/mol. The van der Waals surface area contributed by atoms with Gasteiger partial charge in [0.25, 0.3) is 0 Å². The summed E-state index contributed by atoms with van der Waals surface area (Å²) in [4.78, 5) is 25.1. The molecule has 1 fully saturated rings. The number of piperidine rings is 1. The van der Waals surface area contributed by atoms with Crippen molar-refractivity contribution in [3.8, 4) is 0 Å². The largest absolute Gasteiger partial charge is 0.465 e. The van der Waals surface area contributed by atoms with Crippen LogP contribution in [-0.2, 0) is 10.2 Å². The molecule has 0 unspecified atom stereocenters. The number of rotatable bonds is 1. The molecule has 0 atom stereocenters. The summed E-state index contributed by atoms with van der Waals surface area (Å²) in [6.07, 6.45) is 0.404. The third-order valence-corrected chi connectivity index (χ3v) is 4.30. The minimum absolute atomic E-state index is 0.112. The van der Waals surface area contributed by atoms with Gasteiger partial charge in [-0.05, 0) is 49.7 Å². The number of nitrogens with one attached hydrogen (secondary N) is 2. The van der Waals surface area contributed by atoms with Crippen LogP contribution in [-0.4, -0.2) is 37.2 Å². The van der Waals surface area contributed by atoms with E-state index < -0.39 is 11.5 Å². The Morgan fingerprint density at radius 3 is 2.75 bits per heavy atom. The van der Waals surface area contributed by atoms with Gasteiger partial charge in [-0.2, -0.15) is 0 Å². The predicted molar refractivity (Wildman–Crippen MR) is 75.3 cm³/mol. The van der Waals surface area contributed by atoms with Crippen LogP contribution in [0, 0.1) is 0 Å². The number of carbonyl (C=O) groups is 2. The van der Waals surface area contributed by atoms with Gasteiger partial charge in [-0.1, -0.05) is 0 Å². The van der Waals surface area contributed by atoms with Gasteiger partial charge in [-0.25, -0.2) is 4.79 Å². The number of carbonyl (C=O) groups excluding carboxylic acids is 1. The van der Waals surface area contributed by atoms with Gasteiger partial charge in [0.2, 0.25) is 5.91 Å². The van der Waals surface area contributed by atoms with Crippen molar-refractivity contribution < 1.29 is 14.7 Å².